The van der Waals surface area contributed by atoms with Gasteiger partial charge in [0.15, 0.2) is 6.61 Å². The van der Waals surface area contributed by atoms with E-state index in [-0.39, 0.29) is 81.5 Å². The number of hydrogen-bond acceptors (Lipinski definition) is 9. The highest BCUT2D eigenvalue weighted by molar-refractivity contribution is 6.00. The lowest BCUT2D eigenvalue weighted by atomic mass is 9.93. The van der Waals surface area contributed by atoms with Crippen LogP contribution in [0.1, 0.15) is 73.5 Å². The Hall–Kier alpha value is -4.95. The fraction of sp³-hybridized carbons (Fsp3) is 0.571. The van der Waals surface area contributed by atoms with Gasteiger partial charge >= 0.3 is 12.1 Å². The summed E-state index contributed by atoms with van der Waals surface area (Å²) in [4.78, 5) is 86.2. The number of aromatic nitrogens is 1. The van der Waals surface area contributed by atoms with Gasteiger partial charge < -0.3 is 39.9 Å². The second-order valence-corrected chi connectivity index (χ2v) is 13.1. The Morgan fingerprint density at radius 3 is 2.30 bits per heavy atom. The third-order valence-corrected chi connectivity index (χ3v) is 9.66. The van der Waals surface area contributed by atoms with Crippen molar-refractivity contribution in [2.45, 2.75) is 83.8 Å². The number of rotatable bonds is 12. The number of ether oxygens (including phenoxy) is 2. The molecule has 5 rings (SSSR count). The van der Waals surface area contributed by atoms with E-state index < -0.39 is 36.0 Å². The maximum atomic E-state index is 13.7. The number of carboxylic acid groups (broad SMARTS) is 1. The molecule has 2 atom stereocenters. The summed E-state index contributed by atoms with van der Waals surface area (Å²) in [7, 11) is 0. The zero-order chi connectivity index (χ0) is 35.9. The molecule has 15 nitrogen and oxygen atoms in total. The van der Waals surface area contributed by atoms with Crippen LogP contribution in [0, 0.1) is 13.8 Å². The summed E-state index contributed by atoms with van der Waals surface area (Å²) >= 11 is 0. The van der Waals surface area contributed by atoms with Crippen LogP contribution < -0.4 is 15.4 Å². The number of nitrogens with zero attached hydrogens (tertiary/aromatic N) is 4. The molecule has 5 amide bonds. The van der Waals surface area contributed by atoms with Crippen LogP contribution in [0.25, 0.3) is 10.9 Å². The van der Waals surface area contributed by atoms with Gasteiger partial charge in [-0.3, -0.25) is 24.0 Å². The molecule has 3 aliphatic rings. The van der Waals surface area contributed by atoms with Crippen LogP contribution in [0.15, 0.2) is 18.2 Å². The minimum absolute atomic E-state index is 0.0811. The SMILES string of the molecule is CCOC(=O)N1CCN(C(=O)C(CCC(=O)O)NC(=O)c2cc(OCC(=O)N3CCCC3C(=O)NC3CCC3)c3cc(C)c(C)cc3n2)CC1. The van der Waals surface area contributed by atoms with Crippen molar-refractivity contribution in [1.29, 1.82) is 0 Å². The molecule has 0 radical (unpaired) electrons. The number of hydrogen-bond donors (Lipinski definition) is 3. The molecular weight excluding hydrogens is 648 g/mol. The van der Waals surface area contributed by atoms with E-state index in [1.54, 1.807) is 17.9 Å². The molecule has 2 unspecified atom stereocenters. The Morgan fingerprint density at radius 1 is 0.940 bits per heavy atom. The largest absolute Gasteiger partial charge is 0.483 e. The zero-order valence-electron chi connectivity index (χ0n) is 28.9. The first-order chi connectivity index (χ1) is 23.9. The van der Waals surface area contributed by atoms with Crippen molar-refractivity contribution in [3.05, 3.63) is 35.0 Å². The summed E-state index contributed by atoms with van der Waals surface area (Å²) in [6, 6.07) is 3.50. The average Bonchev–Trinajstić information content (AvgIpc) is 3.58. The number of aliphatic carboxylic acids is 1. The summed E-state index contributed by atoms with van der Waals surface area (Å²) in [5.41, 5.74) is 2.22. The van der Waals surface area contributed by atoms with E-state index in [9.17, 15) is 33.9 Å². The standard InChI is InChI=1S/C35H46N6O9/c1-4-49-35(48)40-15-13-39(14-16-40)34(47)25(10-11-31(43)44)38-32(45)27-19-29(24-17-21(2)22(3)18-26(24)37-27)50-20-30(42)41-12-6-9-28(41)33(46)36-23-7-5-8-23/h17-19,23,25,28H,4-16,20H2,1-3H3,(H,36,46)(H,38,45)(H,43,44). The molecule has 1 saturated carbocycles. The fourth-order valence-electron chi connectivity index (χ4n) is 6.40. The van der Waals surface area contributed by atoms with Gasteiger partial charge in [0.25, 0.3) is 11.8 Å². The lowest BCUT2D eigenvalue weighted by molar-refractivity contribution is -0.140. The molecule has 3 N–H and O–H groups in total. The van der Waals surface area contributed by atoms with Gasteiger partial charge in [0, 0.05) is 56.6 Å². The van der Waals surface area contributed by atoms with Crippen LogP contribution >= 0.6 is 0 Å². The summed E-state index contributed by atoms with van der Waals surface area (Å²) in [6.07, 6.45) is 3.26. The van der Waals surface area contributed by atoms with Crippen molar-refractivity contribution >= 4 is 46.6 Å². The molecule has 3 fully saturated rings. The third kappa shape index (κ3) is 8.61. The van der Waals surface area contributed by atoms with Gasteiger partial charge in [-0.05, 0) is 82.6 Å². The maximum Gasteiger partial charge on any atom is 0.409 e. The Labute approximate surface area is 290 Å². The molecule has 0 spiro atoms. The van der Waals surface area contributed by atoms with E-state index in [1.807, 2.05) is 19.9 Å². The zero-order valence-corrected chi connectivity index (χ0v) is 28.9. The normalized spacial score (nSPS) is 18.3. The van der Waals surface area contributed by atoms with Crippen LogP contribution in [0.2, 0.25) is 0 Å². The Kier molecular flexibility index (Phi) is 11.8. The second-order valence-electron chi connectivity index (χ2n) is 13.1. The number of amides is 5. The number of carbonyl (C=O) groups excluding carboxylic acids is 5. The van der Waals surface area contributed by atoms with Crippen LogP contribution in [-0.2, 0) is 23.9 Å². The van der Waals surface area contributed by atoms with Crippen molar-refractivity contribution in [3.8, 4) is 5.75 Å². The molecule has 2 saturated heterocycles. The summed E-state index contributed by atoms with van der Waals surface area (Å²) < 4.78 is 11.1. The van der Waals surface area contributed by atoms with Gasteiger partial charge in [-0.15, -0.1) is 0 Å². The molecular formula is C35H46N6O9. The number of likely N-dealkylation sites (tertiary alicyclic amines) is 1. The smallest absolute Gasteiger partial charge is 0.409 e. The van der Waals surface area contributed by atoms with Gasteiger partial charge in [0.05, 0.1) is 12.1 Å². The lowest BCUT2D eigenvalue weighted by Crippen LogP contribution is -2.56. The number of carbonyl (C=O) groups is 6. The monoisotopic (exact) mass is 694 g/mol. The van der Waals surface area contributed by atoms with Crippen molar-refractivity contribution in [2.75, 3.05) is 45.9 Å². The number of fused-ring (bicyclic) bond motifs is 1. The lowest BCUT2D eigenvalue weighted by Gasteiger charge is -2.35. The molecule has 3 heterocycles. The first-order valence-electron chi connectivity index (χ1n) is 17.3. The molecule has 50 heavy (non-hydrogen) atoms. The quantitative estimate of drug-likeness (QED) is 0.297. The van der Waals surface area contributed by atoms with E-state index in [1.165, 1.54) is 15.9 Å². The fourth-order valence-corrected chi connectivity index (χ4v) is 6.40. The Balaban J connectivity index is 1.32. The van der Waals surface area contributed by atoms with E-state index in [2.05, 4.69) is 15.6 Å². The summed E-state index contributed by atoms with van der Waals surface area (Å²) in [6.45, 7) is 6.68. The van der Waals surface area contributed by atoms with E-state index in [0.29, 0.717) is 30.3 Å². The Bertz CT molecular complexity index is 1640. The van der Waals surface area contributed by atoms with Crippen molar-refractivity contribution < 1.29 is 43.3 Å². The maximum absolute atomic E-state index is 13.7. The van der Waals surface area contributed by atoms with Crippen molar-refractivity contribution in [3.63, 3.8) is 0 Å². The average molecular weight is 695 g/mol. The number of nitrogens with one attached hydrogen (secondary N) is 2. The minimum Gasteiger partial charge on any atom is -0.483 e. The van der Waals surface area contributed by atoms with Crippen LogP contribution in [0.4, 0.5) is 4.79 Å². The van der Waals surface area contributed by atoms with Crippen LogP contribution in [-0.4, -0.2) is 125 Å². The highest BCUT2D eigenvalue weighted by atomic mass is 16.6. The highest BCUT2D eigenvalue weighted by Crippen LogP contribution is 2.29. The van der Waals surface area contributed by atoms with Crippen molar-refractivity contribution in [1.82, 2.24) is 30.3 Å². The van der Waals surface area contributed by atoms with Gasteiger partial charge in [-0.25, -0.2) is 9.78 Å². The first-order valence-corrected chi connectivity index (χ1v) is 17.3. The topological polar surface area (TPSA) is 188 Å². The summed E-state index contributed by atoms with van der Waals surface area (Å²) in [5, 5.41) is 15.6. The highest BCUT2D eigenvalue weighted by Gasteiger charge is 2.36. The molecule has 2 aliphatic heterocycles. The van der Waals surface area contributed by atoms with E-state index >= 15 is 0 Å². The van der Waals surface area contributed by atoms with E-state index in [4.69, 9.17) is 9.47 Å². The number of pyridine rings is 1. The van der Waals surface area contributed by atoms with Gasteiger partial charge in [-0.1, -0.05) is 0 Å². The van der Waals surface area contributed by atoms with Crippen LogP contribution in [0.5, 0.6) is 5.75 Å². The summed E-state index contributed by atoms with van der Waals surface area (Å²) in [5.74, 6) is -2.58. The predicted octanol–water partition coefficient (Wildman–Crippen LogP) is 2.15. The van der Waals surface area contributed by atoms with Gasteiger partial charge in [0.1, 0.15) is 23.5 Å². The first kappa shape index (κ1) is 36.3. The number of aryl methyl sites for hydroxylation is 2. The molecule has 15 heteroatoms. The van der Waals surface area contributed by atoms with Crippen LogP contribution in [0.3, 0.4) is 0 Å². The van der Waals surface area contributed by atoms with Crippen molar-refractivity contribution in [2.24, 2.45) is 0 Å². The van der Waals surface area contributed by atoms with Gasteiger partial charge in [0.2, 0.25) is 11.8 Å². The van der Waals surface area contributed by atoms with E-state index in [0.717, 1.165) is 30.4 Å². The Morgan fingerprint density at radius 2 is 1.64 bits per heavy atom. The molecule has 0 bridgehead atoms. The third-order valence-electron chi connectivity index (χ3n) is 9.66. The molecule has 1 aromatic carbocycles. The number of carboxylic acids is 1. The predicted molar refractivity (Wildman–Crippen MR) is 181 cm³/mol. The number of piperazine rings is 1. The molecule has 1 aliphatic carbocycles. The molecule has 1 aromatic heterocycles. The minimum atomic E-state index is -1.17. The second kappa shape index (κ2) is 16.2. The molecule has 2 aromatic rings. The number of benzene rings is 1. The van der Waals surface area contributed by atoms with Gasteiger partial charge in [-0.2, -0.15) is 0 Å². The molecule has 270 valence electrons.